The van der Waals surface area contributed by atoms with E-state index in [4.69, 9.17) is 0 Å². The first-order valence-corrected chi connectivity index (χ1v) is 22.5. The monoisotopic (exact) mass is 806 g/mol. The van der Waals surface area contributed by atoms with Crippen LogP contribution in [0.4, 0.5) is 17.1 Å². The third-order valence-electron chi connectivity index (χ3n) is 11.9. The average molecular weight is 807 g/mol. The Balaban J connectivity index is 1.08. The molecule has 0 saturated carbocycles. The van der Waals surface area contributed by atoms with Crippen LogP contribution in [0, 0.1) is 0 Å². The Bertz CT molecular complexity index is 3380. The number of hydrogen-bond donors (Lipinski definition) is 1. The van der Waals surface area contributed by atoms with E-state index < -0.39 is 0 Å². The van der Waals surface area contributed by atoms with E-state index in [-0.39, 0.29) is 0 Å². The highest BCUT2D eigenvalue weighted by atomic mass is 32.1. The molecule has 3 aromatic heterocycles. The van der Waals surface area contributed by atoms with E-state index >= 15 is 0 Å². The largest absolute Gasteiger partial charge is 0.354 e. The number of aryl methyl sites for hydroxylation is 1. The summed E-state index contributed by atoms with van der Waals surface area (Å²) in [5, 5.41) is 6.41. The molecule has 0 aliphatic rings. The van der Waals surface area contributed by atoms with Crippen molar-refractivity contribution in [3.05, 3.63) is 192 Å². The molecule has 0 aliphatic heterocycles. The first-order chi connectivity index (χ1) is 29.7. The molecule has 0 spiro atoms. The number of H-pyrrole nitrogens is 1. The van der Waals surface area contributed by atoms with Gasteiger partial charge in [0.05, 0.1) is 11.2 Å². The predicted octanol–water partition coefficient (Wildman–Crippen LogP) is 17.4. The number of aromatic amines is 1. The summed E-state index contributed by atoms with van der Waals surface area (Å²) in [4.78, 5) is 7.73. The lowest BCUT2D eigenvalue weighted by Crippen LogP contribution is -2.10. The third-order valence-corrected chi connectivity index (χ3v) is 14.4. The molecule has 11 rings (SSSR count). The molecule has 11 aromatic rings. The molecule has 1 N–H and O–H groups in total. The molecule has 0 amide bonds. The zero-order valence-corrected chi connectivity index (χ0v) is 35.2. The average Bonchev–Trinajstić information content (AvgIpc) is 4.00. The van der Waals surface area contributed by atoms with Crippen LogP contribution in [0.5, 0.6) is 0 Å². The zero-order valence-electron chi connectivity index (χ0n) is 33.6. The minimum atomic E-state index is 1.02. The van der Waals surface area contributed by atoms with E-state index in [0.29, 0.717) is 0 Å². The number of allylic oxidation sites excluding steroid dienone is 1. The van der Waals surface area contributed by atoms with Crippen molar-refractivity contribution in [1.29, 1.82) is 0 Å². The summed E-state index contributed by atoms with van der Waals surface area (Å²) in [7, 11) is 0. The maximum absolute atomic E-state index is 3.84. The molecule has 8 aromatic carbocycles. The Kier molecular flexibility index (Phi) is 9.18. The number of hydrogen-bond acceptors (Lipinski definition) is 3. The molecule has 0 saturated heterocycles. The molecule has 0 radical (unpaired) electrons. The SMILES string of the molecule is CC/C=C\c1c(CC)sc2cccc(-c3ccc(N(c4ccc(-c5ccc6sc7ccccc7c6c5)cc4)c4ccc(-c5ccccc5)c5[nH]c6ccccc6c45)cc3)c12. The smallest absolute Gasteiger partial charge is 0.0565 e. The summed E-state index contributed by atoms with van der Waals surface area (Å²) in [6.07, 6.45) is 6.68. The highest BCUT2D eigenvalue weighted by molar-refractivity contribution is 7.25. The molecule has 0 bridgehead atoms. The summed E-state index contributed by atoms with van der Waals surface area (Å²) in [5.74, 6) is 0. The highest BCUT2D eigenvalue weighted by Crippen LogP contribution is 2.46. The van der Waals surface area contributed by atoms with Gasteiger partial charge in [0.15, 0.2) is 0 Å². The Morgan fingerprint density at radius 3 is 1.95 bits per heavy atom. The highest BCUT2D eigenvalue weighted by Gasteiger charge is 2.22. The van der Waals surface area contributed by atoms with Gasteiger partial charge in [0.1, 0.15) is 0 Å². The first kappa shape index (κ1) is 36.4. The molecule has 0 unspecified atom stereocenters. The molecule has 2 nitrogen and oxygen atoms in total. The minimum Gasteiger partial charge on any atom is -0.354 e. The number of anilines is 3. The second-order valence-corrected chi connectivity index (χ2v) is 17.7. The van der Waals surface area contributed by atoms with E-state index in [1.807, 2.05) is 22.7 Å². The van der Waals surface area contributed by atoms with Crippen LogP contribution in [0.3, 0.4) is 0 Å². The molecule has 288 valence electrons. The summed E-state index contributed by atoms with van der Waals surface area (Å²) in [6.45, 7) is 4.48. The van der Waals surface area contributed by atoms with Gasteiger partial charge in [-0.2, -0.15) is 0 Å². The third kappa shape index (κ3) is 6.14. The molecule has 3 heterocycles. The van der Waals surface area contributed by atoms with Crippen molar-refractivity contribution >= 4 is 97.9 Å². The van der Waals surface area contributed by atoms with Gasteiger partial charge >= 0.3 is 0 Å². The lowest BCUT2D eigenvalue weighted by atomic mass is 9.96. The molecule has 0 aliphatic carbocycles. The van der Waals surface area contributed by atoms with Crippen molar-refractivity contribution in [3.63, 3.8) is 0 Å². The van der Waals surface area contributed by atoms with Gasteiger partial charge < -0.3 is 9.88 Å². The van der Waals surface area contributed by atoms with Gasteiger partial charge in [-0.1, -0.05) is 141 Å². The quantitative estimate of drug-likeness (QED) is 0.154. The van der Waals surface area contributed by atoms with Gasteiger partial charge in [-0.3, -0.25) is 0 Å². The van der Waals surface area contributed by atoms with Crippen molar-refractivity contribution in [3.8, 4) is 33.4 Å². The van der Waals surface area contributed by atoms with Gasteiger partial charge in [0, 0.05) is 68.4 Å². The van der Waals surface area contributed by atoms with Crippen LogP contribution in [0.2, 0.25) is 0 Å². The number of nitrogens with one attached hydrogen (secondary N) is 1. The summed E-state index contributed by atoms with van der Waals surface area (Å²) in [6, 6.07) is 64.8. The molecule has 60 heavy (non-hydrogen) atoms. The number of aromatic nitrogens is 1. The van der Waals surface area contributed by atoms with Gasteiger partial charge in [0.2, 0.25) is 0 Å². The van der Waals surface area contributed by atoms with Crippen LogP contribution in [0.1, 0.15) is 30.7 Å². The van der Waals surface area contributed by atoms with Crippen molar-refractivity contribution < 1.29 is 0 Å². The number of thiophene rings is 2. The van der Waals surface area contributed by atoms with E-state index in [1.54, 1.807) is 0 Å². The maximum atomic E-state index is 3.84. The predicted molar refractivity (Wildman–Crippen MR) is 264 cm³/mol. The fraction of sp³-hybridized carbons (Fsp3) is 0.0714. The fourth-order valence-corrected chi connectivity index (χ4v) is 11.3. The second kappa shape index (κ2) is 15.1. The Hall–Kier alpha value is -6.72. The van der Waals surface area contributed by atoms with E-state index in [0.717, 1.165) is 40.9 Å². The molecule has 0 fully saturated rings. The number of benzene rings is 8. The van der Waals surface area contributed by atoms with Crippen molar-refractivity contribution in [2.75, 3.05) is 4.90 Å². The lowest BCUT2D eigenvalue weighted by molar-refractivity contribution is 1.18. The van der Waals surface area contributed by atoms with Crippen molar-refractivity contribution in [2.24, 2.45) is 0 Å². The lowest BCUT2D eigenvalue weighted by Gasteiger charge is -2.27. The normalized spacial score (nSPS) is 11.9. The maximum Gasteiger partial charge on any atom is 0.0565 e. The van der Waals surface area contributed by atoms with E-state index in [9.17, 15) is 0 Å². The summed E-state index contributed by atoms with van der Waals surface area (Å²) < 4.78 is 4.00. The van der Waals surface area contributed by atoms with Gasteiger partial charge in [0.25, 0.3) is 0 Å². The van der Waals surface area contributed by atoms with E-state index in [2.05, 4.69) is 212 Å². The van der Waals surface area contributed by atoms with Gasteiger partial charge in [-0.15, -0.1) is 22.7 Å². The van der Waals surface area contributed by atoms with Crippen LogP contribution in [-0.4, -0.2) is 4.98 Å². The first-order valence-electron chi connectivity index (χ1n) is 20.9. The Morgan fingerprint density at radius 2 is 1.17 bits per heavy atom. The Labute approximate surface area is 358 Å². The molecule has 4 heteroatoms. The van der Waals surface area contributed by atoms with Gasteiger partial charge in [-0.25, -0.2) is 0 Å². The van der Waals surface area contributed by atoms with E-state index in [1.165, 1.54) is 84.9 Å². The van der Waals surface area contributed by atoms with Gasteiger partial charge in [-0.05, 0) is 107 Å². The van der Waals surface area contributed by atoms with Crippen LogP contribution in [0.25, 0.3) is 91.5 Å². The number of para-hydroxylation sites is 1. The molecular weight excluding hydrogens is 765 g/mol. The fourth-order valence-electron chi connectivity index (χ4n) is 9.05. The minimum absolute atomic E-state index is 1.02. The second-order valence-electron chi connectivity index (χ2n) is 15.4. The Morgan fingerprint density at radius 1 is 0.500 bits per heavy atom. The van der Waals surface area contributed by atoms with Crippen molar-refractivity contribution in [2.45, 2.75) is 26.7 Å². The standard InChI is InChI=1S/C56H42N2S2/c1-3-5-16-46-50(4-2)59-53-22-13-19-42(54(46)53)38-25-30-41(31-26-38)58(40-28-23-36(24-29-40)39-27-34-52-47(35-39)44-17-10-12-21-51(44)60-52)49-33-32-43(37-14-7-6-8-15-37)56-55(49)45-18-9-11-20-48(45)57-56/h5-35,57H,3-4H2,1-2H3/b16-5-. The van der Waals surface area contributed by atoms with Crippen LogP contribution in [-0.2, 0) is 6.42 Å². The topological polar surface area (TPSA) is 19.0 Å². The zero-order chi connectivity index (χ0) is 40.2. The molecular formula is C56H42N2S2. The number of nitrogens with zero attached hydrogens (tertiary/aromatic N) is 1. The number of fused-ring (bicyclic) bond motifs is 7. The van der Waals surface area contributed by atoms with Crippen molar-refractivity contribution in [1.82, 2.24) is 4.98 Å². The van der Waals surface area contributed by atoms with Crippen LogP contribution >= 0.6 is 22.7 Å². The summed E-state index contributed by atoms with van der Waals surface area (Å²) >= 11 is 3.79. The van der Waals surface area contributed by atoms with Crippen LogP contribution < -0.4 is 4.90 Å². The number of rotatable bonds is 9. The van der Waals surface area contributed by atoms with Crippen LogP contribution in [0.15, 0.2) is 182 Å². The summed E-state index contributed by atoms with van der Waals surface area (Å²) in [5.41, 5.74) is 14.3. The molecule has 0 atom stereocenters.